The standard InChI is InChI=1S/C19H20F3N5O/c1-13-11-14(25-28-13)12-26-7-2-8-27(10-9-26)18-15-3-4-17(19(20,21)22)24-16(15)5-6-23-18/h3-6,11H,2,7-10,12H2,1H3. The van der Waals surface area contributed by atoms with E-state index in [4.69, 9.17) is 4.52 Å². The number of aryl methyl sites for hydroxylation is 1. The van der Waals surface area contributed by atoms with Gasteiger partial charge in [-0.25, -0.2) is 9.97 Å². The van der Waals surface area contributed by atoms with Gasteiger partial charge in [0.15, 0.2) is 0 Å². The second kappa shape index (κ2) is 7.38. The first kappa shape index (κ1) is 18.7. The molecule has 0 amide bonds. The maximum absolute atomic E-state index is 12.9. The predicted molar refractivity (Wildman–Crippen MR) is 97.9 cm³/mol. The summed E-state index contributed by atoms with van der Waals surface area (Å²) in [6.07, 6.45) is -2.02. The van der Waals surface area contributed by atoms with Crippen molar-refractivity contribution in [3.63, 3.8) is 0 Å². The minimum Gasteiger partial charge on any atom is -0.361 e. The van der Waals surface area contributed by atoms with Gasteiger partial charge in [-0.2, -0.15) is 13.2 Å². The fraction of sp³-hybridized carbons (Fsp3) is 0.421. The Morgan fingerprint density at radius 3 is 2.71 bits per heavy atom. The summed E-state index contributed by atoms with van der Waals surface area (Å²) in [7, 11) is 0. The number of alkyl halides is 3. The van der Waals surface area contributed by atoms with E-state index in [0.29, 0.717) is 23.3 Å². The first-order valence-electron chi connectivity index (χ1n) is 9.12. The van der Waals surface area contributed by atoms with E-state index in [2.05, 4.69) is 24.9 Å². The van der Waals surface area contributed by atoms with Crippen molar-refractivity contribution < 1.29 is 17.7 Å². The van der Waals surface area contributed by atoms with E-state index in [-0.39, 0.29) is 0 Å². The number of aromatic nitrogens is 3. The quantitative estimate of drug-likeness (QED) is 0.679. The number of hydrogen-bond donors (Lipinski definition) is 0. The van der Waals surface area contributed by atoms with Crippen LogP contribution < -0.4 is 4.90 Å². The molecule has 0 aliphatic carbocycles. The van der Waals surface area contributed by atoms with Gasteiger partial charge < -0.3 is 9.42 Å². The lowest BCUT2D eigenvalue weighted by Gasteiger charge is -2.23. The van der Waals surface area contributed by atoms with Gasteiger partial charge in [0.2, 0.25) is 0 Å². The lowest BCUT2D eigenvalue weighted by molar-refractivity contribution is -0.140. The van der Waals surface area contributed by atoms with Crippen LogP contribution in [0.4, 0.5) is 19.0 Å². The third-order valence-corrected chi connectivity index (χ3v) is 4.84. The zero-order chi connectivity index (χ0) is 19.7. The topological polar surface area (TPSA) is 58.3 Å². The highest BCUT2D eigenvalue weighted by Gasteiger charge is 2.32. The summed E-state index contributed by atoms with van der Waals surface area (Å²) in [5.41, 5.74) is 0.319. The summed E-state index contributed by atoms with van der Waals surface area (Å²) in [5, 5.41) is 4.68. The van der Waals surface area contributed by atoms with Crippen LogP contribution in [0.5, 0.6) is 0 Å². The van der Waals surface area contributed by atoms with Crippen molar-refractivity contribution in [3.8, 4) is 0 Å². The van der Waals surface area contributed by atoms with E-state index in [1.54, 1.807) is 0 Å². The van der Waals surface area contributed by atoms with Gasteiger partial charge in [-0.15, -0.1) is 0 Å². The van der Waals surface area contributed by atoms with E-state index in [0.717, 1.165) is 50.1 Å². The molecule has 6 nitrogen and oxygen atoms in total. The molecule has 3 aromatic rings. The number of fused-ring (bicyclic) bond motifs is 1. The Morgan fingerprint density at radius 2 is 1.96 bits per heavy atom. The molecule has 148 valence electrons. The first-order chi connectivity index (χ1) is 13.4. The molecule has 3 aromatic heterocycles. The smallest absolute Gasteiger partial charge is 0.361 e. The van der Waals surface area contributed by atoms with Crippen LogP contribution in [-0.4, -0.2) is 46.2 Å². The SMILES string of the molecule is Cc1cc(CN2CCCN(c3nccc4nc(C(F)(F)F)ccc34)CC2)no1. The van der Waals surface area contributed by atoms with Crippen LogP contribution in [0.2, 0.25) is 0 Å². The van der Waals surface area contributed by atoms with Crippen molar-refractivity contribution in [2.45, 2.75) is 26.1 Å². The van der Waals surface area contributed by atoms with Crippen molar-refractivity contribution in [1.29, 1.82) is 0 Å². The van der Waals surface area contributed by atoms with Crippen molar-refractivity contribution in [1.82, 2.24) is 20.0 Å². The van der Waals surface area contributed by atoms with E-state index in [9.17, 15) is 13.2 Å². The Kier molecular flexibility index (Phi) is 4.92. The van der Waals surface area contributed by atoms with Crippen LogP contribution in [0.3, 0.4) is 0 Å². The molecular weight excluding hydrogens is 371 g/mol. The van der Waals surface area contributed by atoms with E-state index < -0.39 is 11.9 Å². The molecule has 0 N–H and O–H groups in total. The molecule has 9 heteroatoms. The summed E-state index contributed by atoms with van der Waals surface area (Å²) in [5.74, 6) is 1.47. The molecule has 1 aliphatic heterocycles. The van der Waals surface area contributed by atoms with Crippen LogP contribution in [0.25, 0.3) is 10.9 Å². The molecule has 1 aliphatic rings. The van der Waals surface area contributed by atoms with Gasteiger partial charge in [0, 0.05) is 50.4 Å². The maximum Gasteiger partial charge on any atom is 0.433 e. The molecule has 28 heavy (non-hydrogen) atoms. The Hall–Kier alpha value is -2.68. The Balaban J connectivity index is 1.53. The number of nitrogens with zero attached hydrogens (tertiary/aromatic N) is 5. The molecule has 0 atom stereocenters. The number of pyridine rings is 2. The minimum absolute atomic E-state index is 0.305. The molecule has 4 heterocycles. The van der Waals surface area contributed by atoms with Gasteiger partial charge in [0.05, 0.1) is 11.2 Å². The van der Waals surface area contributed by atoms with Gasteiger partial charge in [-0.3, -0.25) is 4.90 Å². The van der Waals surface area contributed by atoms with Crippen molar-refractivity contribution in [2.75, 3.05) is 31.1 Å². The highest BCUT2D eigenvalue weighted by Crippen LogP contribution is 2.31. The van der Waals surface area contributed by atoms with Crippen molar-refractivity contribution in [2.24, 2.45) is 0 Å². The lowest BCUT2D eigenvalue weighted by Crippen LogP contribution is -2.31. The average Bonchev–Trinajstić information content (AvgIpc) is 2.93. The van der Waals surface area contributed by atoms with Crippen LogP contribution >= 0.6 is 0 Å². The Labute approximate surface area is 160 Å². The molecule has 0 bridgehead atoms. The van der Waals surface area contributed by atoms with Gasteiger partial charge in [0.1, 0.15) is 17.3 Å². The Morgan fingerprint density at radius 1 is 1.11 bits per heavy atom. The first-order valence-corrected chi connectivity index (χ1v) is 9.12. The maximum atomic E-state index is 12.9. The molecule has 0 saturated carbocycles. The molecule has 0 unspecified atom stereocenters. The molecular formula is C19H20F3N5O. The highest BCUT2D eigenvalue weighted by molar-refractivity contribution is 5.89. The summed E-state index contributed by atoms with van der Waals surface area (Å²) in [6.45, 7) is 5.79. The fourth-order valence-corrected chi connectivity index (χ4v) is 3.51. The second-order valence-corrected chi connectivity index (χ2v) is 6.94. The third kappa shape index (κ3) is 3.94. The molecule has 1 saturated heterocycles. The van der Waals surface area contributed by atoms with Gasteiger partial charge in [0.25, 0.3) is 0 Å². The zero-order valence-corrected chi connectivity index (χ0v) is 15.4. The summed E-state index contributed by atoms with van der Waals surface area (Å²) >= 11 is 0. The average molecular weight is 391 g/mol. The fourth-order valence-electron chi connectivity index (χ4n) is 3.51. The molecule has 0 radical (unpaired) electrons. The van der Waals surface area contributed by atoms with Gasteiger partial charge >= 0.3 is 6.18 Å². The summed E-state index contributed by atoms with van der Waals surface area (Å²) in [4.78, 5) is 12.6. The largest absolute Gasteiger partial charge is 0.433 e. The second-order valence-electron chi connectivity index (χ2n) is 6.94. The highest BCUT2D eigenvalue weighted by atomic mass is 19.4. The van der Waals surface area contributed by atoms with Crippen LogP contribution in [0.15, 0.2) is 35.0 Å². The van der Waals surface area contributed by atoms with Crippen LogP contribution in [0, 0.1) is 6.92 Å². The normalized spacial score (nSPS) is 16.5. The number of halogens is 3. The molecule has 4 rings (SSSR count). The summed E-state index contributed by atoms with van der Waals surface area (Å²) < 4.78 is 44.0. The lowest BCUT2D eigenvalue weighted by atomic mass is 10.2. The molecule has 1 fully saturated rings. The minimum atomic E-state index is -4.46. The number of rotatable bonds is 3. The van der Waals surface area contributed by atoms with Gasteiger partial charge in [-0.05, 0) is 31.5 Å². The van der Waals surface area contributed by atoms with Crippen molar-refractivity contribution >= 4 is 16.7 Å². The Bertz CT molecular complexity index is 972. The van der Waals surface area contributed by atoms with E-state index >= 15 is 0 Å². The van der Waals surface area contributed by atoms with E-state index in [1.165, 1.54) is 18.3 Å². The number of anilines is 1. The van der Waals surface area contributed by atoms with Gasteiger partial charge in [-0.1, -0.05) is 5.16 Å². The molecule has 0 aromatic carbocycles. The number of hydrogen-bond acceptors (Lipinski definition) is 6. The monoisotopic (exact) mass is 391 g/mol. The zero-order valence-electron chi connectivity index (χ0n) is 15.4. The van der Waals surface area contributed by atoms with E-state index in [1.807, 2.05) is 13.0 Å². The van der Waals surface area contributed by atoms with Crippen LogP contribution in [0.1, 0.15) is 23.6 Å². The molecule has 0 spiro atoms. The summed E-state index contributed by atoms with van der Waals surface area (Å²) in [6, 6.07) is 5.93. The predicted octanol–water partition coefficient (Wildman–Crippen LogP) is 3.66. The van der Waals surface area contributed by atoms with Crippen LogP contribution in [-0.2, 0) is 12.7 Å². The van der Waals surface area contributed by atoms with Crippen molar-refractivity contribution in [3.05, 3.63) is 47.6 Å². The third-order valence-electron chi connectivity index (χ3n) is 4.84.